The lowest BCUT2D eigenvalue weighted by Crippen LogP contribution is -2.01. The number of fused-ring (bicyclic) bond motifs is 8. The molecule has 8 heteroatoms. The van der Waals surface area contributed by atoms with Gasteiger partial charge in [-0.25, -0.2) is 9.97 Å². The van der Waals surface area contributed by atoms with Crippen LogP contribution in [0.2, 0.25) is 0 Å². The minimum absolute atomic E-state index is 0.223. The summed E-state index contributed by atoms with van der Waals surface area (Å²) in [5.74, 6) is -0.891. The topological polar surface area (TPSA) is 126 Å². The number of Topliss-reactive ketones (excluding diaryl/α,β-unsaturated/α-hetero) is 4. The van der Waals surface area contributed by atoms with Crippen molar-refractivity contribution in [3.63, 3.8) is 0 Å². The third-order valence-corrected chi connectivity index (χ3v) is 6.16. The third kappa shape index (κ3) is 3.73. The molecule has 5 heterocycles. The molecule has 36 heavy (non-hydrogen) atoms. The molecule has 0 saturated carbocycles. The van der Waals surface area contributed by atoms with Crippen LogP contribution in [0.1, 0.15) is 91.9 Å². The van der Waals surface area contributed by atoms with Gasteiger partial charge in [0.05, 0.1) is 67.1 Å². The van der Waals surface area contributed by atoms with E-state index in [2.05, 4.69) is 19.9 Å². The first-order valence-electron chi connectivity index (χ1n) is 11.4. The molecule has 2 N–H and O–H groups in total. The molecule has 2 aliphatic rings. The summed E-state index contributed by atoms with van der Waals surface area (Å²) in [5, 5.41) is 0. The Hall–Kier alpha value is -4.72. The number of carbonyl (C=O) groups excluding carboxylic acids is 4. The van der Waals surface area contributed by atoms with Crippen molar-refractivity contribution in [2.45, 2.75) is 27.7 Å². The summed E-state index contributed by atoms with van der Waals surface area (Å²) < 4.78 is 0. The van der Waals surface area contributed by atoms with Crippen LogP contribution in [0.25, 0.3) is 46.4 Å². The molecule has 0 unspecified atom stereocenters. The molecular formula is C28H22N4O4. The summed E-state index contributed by atoms with van der Waals surface area (Å²) in [7, 11) is 0. The number of aromatic nitrogens is 4. The second-order valence-electron chi connectivity index (χ2n) is 8.73. The van der Waals surface area contributed by atoms with Gasteiger partial charge in [0.25, 0.3) is 0 Å². The summed E-state index contributed by atoms with van der Waals surface area (Å²) in [5.41, 5.74) is 4.89. The Bertz CT molecular complexity index is 1500. The van der Waals surface area contributed by atoms with Crippen molar-refractivity contribution >= 4 is 69.5 Å². The number of aromatic amines is 2. The van der Waals surface area contributed by atoms with Gasteiger partial charge in [-0.15, -0.1) is 0 Å². The van der Waals surface area contributed by atoms with Crippen LogP contribution in [-0.2, 0) is 0 Å². The maximum atomic E-state index is 12.7. The molecule has 3 aromatic rings. The summed E-state index contributed by atoms with van der Waals surface area (Å²) in [6, 6.07) is 6.85. The summed E-state index contributed by atoms with van der Waals surface area (Å²) >= 11 is 0. The summed E-state index contributed by atoms with van der Waals surface area (Å²) in [6.45, 7) is 5.76. The number of rotatable bonds is 4. The van der Waals surface area contributed by atoms with Crippen LogP contribution in [-0.4, -0.2) is 43.1 Å². The Kier molecular flexibility index (Phi) is 5.44. The largest absolute Gasteiger partial charge is 0.354 e. The fourth-order valence-corrected chi connectivity index (χ4v) is 4.69. The number of ketones is 4. The van der Waals surface area contributed by atoms with Gasteiger partial charge in [0.15, 0.2) is 23.1 Å². The lowest BCUT2D eigenvalue weighted by atomic mass is 10.1. The van der Waals surface area contributed by atoms with Gasteiger partial charge in [-0.3, -0.25) is 19.2 Å². The molecular weight excluding hydrogens is 456 g/mol. The molecule has 8 nitrogen and oxygen atoms in total. The van der Waals surface area contributed by atoms with Gasteiger partial charge in [0.2, 0.25) is 0 Å². The fourth-order valence-electron chi connectivity index (χ4n) is 4.69. The Morgan fingerprint density at radius 1 is 0.472 bits per heavy atom. The number of nitrogens with zero attached hydrogens (tertiary/aromatic N) is 2. The lowest BCUT2D eigenvalue weighted by Gasteiger charge is -2.01. The molecule has 0 fully saturated rings. The lowest BCUT2D eigenvalue weighted by molar-refractivity contribution is 0.101. The van der Waals surface area contributed by atoms with Gasteiger partial charge < -0.3 is 9.97 Å². The first-order chi connectivity index (χ1) is 17.2. The van der Waals surface area contributed by atoms with E-state index in [4.69, 9.17) is 0 Å². The molecule has 2 aliphatic heterocycles. The zero-order valence-corrected chi connectivity index (χ0v) is 20.1. The van der Waals surface area contributed by atoms with Crippen LogP contribution in [0, 0.1) is 0 Å². The molecule has 0 saturated heterocycles. The van der Waals surface area contributed by atoms with E-state index in [0.29, 0.717) is 67.1 Å². The van der Waals surface area contributed by atoms with Crippen molar-refractivity contribution in [1.29, 1.82) is 0 Å². The predicted molar refractivity (Wildman–Crippen MR) is 139 cm³/mol. The molecule has 0 amide bonds. The molecule has 0 atom stereocenters. The zero-order valence-electron chi connectivity index (χ0n) is 20.1. The predicted octanol–water partition coefficient (Wildman–Crippen LogP) is 5.47. The van der Waals surface area contributed by atoms with Gasteiger partial charge >= 0.3 is 0 Å². The Morgan fingerprint density at radius 2 is 0.694 bits per heavy atom. The van der Waals surface area contributed by atoms with Crippen LogP contribution < -0.4 is 0 Å². The van der Waals surface area contributed by atoms with E-state index in [1.165, 1.54) is 27.7 Å². The van der Waals surface area contributed by atoms with Crippen molar-refractivity contribution in [3.8, 4) is 0 Å². The fraction of sp³-hybridized carbons (Fsp3) is 0.143. The highest BCUT2D eigenvalue weighted by Gasteiger charge is 2.20. The Labute approximate surface area is 205 Å². The monoisotopic (exact) mass is 478 g/mol. The van der Waals surface area contributed by atoms with Crippen LogP contribution in [0.15, 0.2) is 24.3 Å². The molecule has 0 radical (unpaired) electrons. The highest BCUT2D eigenvalue weighted by atomic mass is 16.1. The smallest absolute Gasteiger partial charge is 0.164 e. The van der Waals surface area contributed by atoms with Crippen molar-refractivity contribution in [1.82, 2.24) is 19.9 Å². The molecule has 5 rings (SSSR count). The second kappa shape index (κ2) is 8.49. The van der Waals surface area contributed by atoms with Crippen LogP contribution >= 0.6 is 0 Å². The standard InChI is InChI=1S/C28H22N4O4/c1-13(33)25-17-5-7-19(29-17)26(14(2)34)21-9-11-23(31-21)28(16(4)36)24-12-10-22(32-24)27(15(3)35)20-8-6-18(25)30-20/h5-12,29,32H,1-4H3. The van der Waals surface area contributed by atoms with Gasteiger partial charge in [0.1, 0.15) is 0 Å². The molecule has 178 valence electrons. The average molecular weight is 479 g/mol. The summed E-state index contributed by atoms with van der Waals surface area (Å²) in [6.07, 6.45) is 6.74. The maximum absolute atomic E-state index is 12.7. The van der Waals surface area contributed by atoms with Gasteiger partial charge in [0, 0.05) is 0 Å². The minimum Gasteiger partial charge on any atom is -0.354 e. The van der Waals surface area contributed by atoms with E-state index in [1.54, 1.807) is 48.6 Å². The highest BCUT2D eigenvalue weighted by molar-refractivity contribution is 6.10. The van der Waals surface area contributed by atoms with E-state index < -0.39 is 0 Å². The van der Waals surface area contributed by atoms with Gasteiger partial charge in [-0.1, -0.05) is 0 Å². The van der Waals surface area contributed by atoms with E-state index in [9.17, 15) is 19.2 Å². The van der Waals surface area contributed by atoms with Crippen molar-refractivity contribution in [2.24, 2.45) is 0 Å². The van der Waals surface area contributed by atoms with Crippen molar-refractivity contribution in [2.75, 3.05) is 0 Å². The first-order valence-corrected chi connectivity index (χ1v) is 11.4. The molecule has 0 aliphatic carbocycles. The average Bonchev–Trinajstić information content (AvgIpc) is 3.57. The number of hydrogen-bond donors (Lipinski definition) is 2. The van der Waals surface area contributed by atoms with Crippen LogP contribution in [0.5, 0.6) is 0 Å². The number of carbonyl (C=O) groups is 4. The first kappa shape index (κ1) is 23.0. The van der Waals surface area contributed by atoms with Gasteiger partial charge in [-0.2, -0.15) is 0 Å². The molecule has 8 bridgehead atoms. The maximum Gasteiger partial charge on any atom is 0.164 e. The highest BCUT2D eigenvalue weighted by Crippen LogP contribution is 2.27. The van der Waals surface area contributed by atoms with E-state index in [-0.39, 0.29) is 23.1 Å². The molecule has 0 spiro atoms. The zero-order chi connectivity index (χ0) is 25.7. The Balaban J connectivity index is 2.07. The number of nitrogens with one attached hydrogen (secondary N) is 2. The quantitative estimate of drug-likeness (QED) is 0.330. The minimum atomic E-state index is -0.223. The Morgan fingerprint density at radius 3 is 0.889 bits per heavy atom. The van der Waals surface area contributed by atoms with E-state index in [1.807, 2.05) is 0 Å². The SMILES string of the molecule is CC(=O)c1c2nc(c(C(C)=O)c3ccc([nH]3)c(C(C)=O)c3nc(c(C(C)=O)c4ccc1[nH]4)C=C3)C=C2. The van der Waals surface area contributed by atoms with Crippen molar-refractivity contribution in [3.05, 3.63) is 69.3 Å². The number of hydrogen-bond acceptors (Lipinski definition) is 6. The second-order valence-corrected chi connectivity index (χ2v) is 8.73. The normalized spacial score (nSPS) is 12.1. The molecule has 3 aromatic heterocycles. The third-order valence-electron chi connectivity index (χ3n) is 6.16. The van der Waals surface area contributed by atoms with E-state index >= 15 is 0 Å². The number of H-pyrrole nitrogens is 2. The van der Waals surface area contributed by atoms with E-state index in [0.717, 1.165) is 0 Å². The van der Waals surface area contributed by atoms with Crippen LogP contribution in [0.3, 0.4) is 0 Å². The van der Waals surface area contributed by atoms with Gasteiger partial charge in [-0.05, 0) is 76.3 Å². The summed E-state index contributed by atoms with van der Waals surface area (Å²) in [4.78, 5) is 66.3. The molecule has 0 aromatic carbocycles. The van der Waals surface area contributed by atoms with Crippen molar-refractivity contribution < 1.29 is 19.2 Å². The van der Waals surface area contributed by atoms with Crippen LogP contribution in [0.4, 0.5) is 0 Å².